The van der Waals surface area contributed by atoms with E-state index in [0.717, 1.165) is 15.6 Å². The molecule has 0 bridgehead atoms. The van der Waals surface area contributed by atoms with Crippen LogP contribution in [0.15, 0.2) is 22.7 Å². The van der Waals surface area contributed by atoms with Gasteiger partial charge in [-0.05, 0) is 24.1 Å². The number of nitrogens with zero attached hydrogens (tertiary/aromatic N) is 1. The van der Waals surface area contributed by atoms with Crippen molar-refractivity contribution in [1.29, 1.82) is 0 Å². The van der Waals surface area contributed by atoms with Crippen LogP contribution in [0.4, 0.5) is 0 Å². The number of rotatable bonds is 0. The number of carbonyl (C=O) groups is 1. The summed E-state index contributed by atoms with van der Waals surface area (Å²) in [4.78, 5) is 11.3. The molecular formula is C10H9BrNO. The van der Waals surface area contributed by atoms with Crippen LogP contribution < -0.4 is 5.32 Å². The lowest BCUT2D eigenvalue weighted by Gasteiger charge is -2.21. The minimum Gasteiger partial charge on any atom is -0.272 e. The van der Waals surface area contributed by atoms with Crippen LogP contribution in [-0.4, -0.2) is 5.91 Å². The smallest absolute Gasteiger partial charge is 0.248 e. The van der Waals surface area contributed by atoms with Gasteiger partial charge in [0.2, 0.25) is 5.91 Å². The van der Waals surface area contributed by atoms with Gasteiger partial charge >= 0.3 is 0 Å². The zero-order valence-corrected chi connectivity index (χ0v) is 8.84. The average molecular weight is 239 g/mol. The number of hydrogen-bond donors (Lipinski definition) is 0. The zero-order valence-electron chi connectivity index (χ0n) is 7.25. The molecule has 0 fully saturated rings. The number of amides is 1. The fourth-order valence-corrected chi connectivity index (χ4v) is 2.08. The first-order valence-corrected chi connectivity index (χ1v) is 4.98. The molecule has 1 aromatic carbocycles. The fourth-order valence-electron chi connectivity index (χ4n) is 1.57. The second kappa shape index (κ2) is 3.14. The maximum Gasteiger partial charge on any atom is 0.248 e. The Morgan fingerprint density at radius 2 is 2.31 bits per heavy atom. The first kappa shape index (κ1) is 8.75. The van der Waals surface area contributed by atoms with Gasteiger partial charge in [-0.1, -0.05) is 28.1 Å². The van der Waals surface area contributed by atoms with E-state index >= 15 is 0 Å². The van der Waals surface area contributed by atoms with Crippen molar-refractivity contribution in [3.05, 3.63) is 33.8 Å². The summed E-state index contributed by atoms with van der Waals surface area (Å²) in [6, 6.07) is 5.94. The average Bonchev–Trinajstić information content (AvgIpc) is 2.12. The van der Waals surface area contributed by atoms with Gasteiger partial charge in [0.15, 0.2) is 0 Å². The van der Waals surface area contributed by atoms with Crippen LogP contribution in [0.3, 0.4) is 0 Å². The summed E-state index contributed by atoms with van der Waals surface area (Å²) in [7, 11) is 0. The van der Waals surface area contributed by atoms with Crippen molar-refractivity contribution < 1.29 is 4.79 Å². The molecule has 1 aromatic rings. The molecule has 1 aliphatic heterocycles. The van der Waals surface area contributed by atoms with Gasteiger partial charge in [0.05, 0.1) is 12.5 Å². The molecule has 1 unspecified atom stereocenters. The second-order valence-electron chi connectivity index (χ2n) is 3.18. The molecule has 0 aromatic heterocycles. The molecule has 0 saturated heterocycles. The van der Waals surface area contributed by atoms with Gasteiger partial charge in [0.1, 0.15) is 0 Å². The number of benzene rings is 1. The monoisotopic (exact) mass is 238 g/mol. The van der Waals surface area contributed by atoms with Crippen molar-refractivity contribution >= 4 is 21.8 Å². The molecule has 67 valence electrons. The quantitative estimate of drug-likeness (QED) is 0.682. The Hall–Kier alpha value is -0.830. The summed E-state index contributed by atoms with van der Waals surface area (Å²) in [5.41, 5.74) is 2.25. The standard InChI is InChI=1S/C10H9BrNO/c1-6-7-3-2-4-9(11)8(7)5-12-10(6)13/h2-4,6H,5H2,1H3. The van der Waals surface area contributed by atoms with Crippen LogP contribution in [0.5, 0.6) is 0 Å². The third-order valence-corrected chi connectivity index (χ3v) is 3.13. The summed E-state index contributed by atoms with van der Waals surface area (Å²) in [6.07, 6.45) is 0. The molecule has 1 amide bonds. The van der Waals surface area contributed by atoms with E-state index in [0.29, 0.717) is 6.54 Å². The Bertz CT molecular complexity index is 362. The molecule has 0 spiro atoms. The van der Waals surface area contributed by atoms with Crippen LogP contribution >= 0.6 is 15.9 Å². The molecule has 0 saturated carbocycles. The second-order valence-corrected chi connectivity index (χ2v) is 4.04. The van der Waals surface area contributed by atoms with Crippen molar-refractivity contribution in [3.63, 3.8) is 0 Å². The minimum absolute atomic E-state index is 0.00870. The van der Waals surface area contributed by atoms with E-state index in [1.807, 2.05) is 25.1 Å². The van der Waals surface area contributed by atoms with Gasteiger partial charge in [0.25, 0.3) is 0 Å². The largest absolute Gasteiger partial charge is 0.272 e. The van der Waals surface area contributed by atoms with Gasteiger partial charge in [-0.3, -0.25) is 4.79 Å². The van der Waals surface area contributed by atoms with Crippen molar-refractivity contribution in [2.45, 2.75) is 19.4 Å². The molecule has 1 heterocycles. The number of fused-ring (bicyclic) bond motifs is 1. The van der Waals surface area contributed by atoms with E-state index in [1.165, 1.54) is 0 Å². The number of carbonyl (C=O) groups excluding carboxylic acids is 1. The van der Waals surface area contributed by atoms with Crippen LogP contribution in [0.25, 0.3) is 0 Å². The predicted octanol–water partition coefficient (Wildman–Crippen LogP) is 2.20. The zero-order chi connectivity index (χ0) is 9.42. The highest BCUT2D eigenvalue weighted by Crippen LogP contribution is 2.30. The van der Waals surface area contributed by atoms with Crippen LogP contribution in [0, 0.1) is 0 Å². The fraction of sp³-hybridized carbons (Fsp3) is 0.300. The molecule has 1 radical (unpaired) electrons. The lowest BCUT2D eigenvalue weighted by atomic mass is 9.92. The molecule has 2 nitrogen and oxygen atoms in total. The Labute approximate surface area is 85.5 Å². The van der Waals surface area contributed by atoms with Crippen molar-refractivity contribution in [1.82, 2.24) is 5.32 Å². The molecule has 3 heteroatoms. The van der Waals surface area contributed by atoms with Crippen LogP contribution in [0.2, 0.25) is 0 Å². The maximum absolute atomic E-state index is 11.3. The third kappa shape index (κ3) is 1.37. The lowest BCUT2D eigenvalue weighted by Crippen LogP contribution is -2.27. The summed E-state index contributed by atoms with van der Waals surface area (Å²) in [6.45, 7) is 2.41. The van der Waals surface area contributed by atoms with Crippen molar-refractivity contribution in [2.24, 2.45) is 0 Å². The van der Waals surface area contributed by atoms with E-state index in [-0.39, 0.29) is 11.8 Å². The first-order valence-electron chi connectivity index (χ1n) is 4.19. The highest BCUT2D eigenvalue weighted by atomic mass is 79.9. The summed E-state index contributed by atoms with van der Waals surface area (Å²) >= 11 is 3.46. The topological polar surface area (TPSA) is 31.2 Å². The predicted molar refractivity (Wildman–Crippen MR) is 53.4 cm³/mol. The third-order valence-electron chi connectivity index (χ3n) is 2.39. The van der Waals surface area contributed by atoms with E-state index in [4.69, 9.17) is 0 Å². The molecule has 0 aliphatic carbocycles. The maximum atomic E-state index is 11.3. The van der Waals surface area contributed by atoms with E-state index in [1.54, 1.807) is 0 Å². The highest BCUT2D eigenvalue weighted by molar-refractivity contribution is 9.10. The van der Waals surface area contributed by atoms with Crippen molar-refractivity contribution in [3.8, 4) is 0 Å². The number of hydrogen-bond acceptors (Lipinski definition) is 1. The molecule has 2 rings (SSSR count). The van der Waals surface area contributed by atoms with Crippen LogP contribution in [-0.2, 0) is 11.3 Å². The normalized spacial score (nSPS) is 20.8. The highest BCUT2D eigenvalue weighted by Gasteiger charge is 2.25. The Balaban J connectivity index is 2.55. The van der Waals surface area contributed by atoms with E-state index < -0.39 is 0 Å². The Morgan fingerprint density at radius 3 is 3.08 bits per heavy atom. The summed E-state index contributed by atoms with van der Waals surface area (Å²) in [5.74, 6) is -0.0909. The number of halogens is 1. The van der Waals surface area contributed by atoms with Gasteiger partial charge in [-0.25, -0.2) is 5.32 Å². The molecule has 0 N–H and O–H groups in total. The van der Waals surface area contributed by atoms with E-state index in [2.05, 4.69) is 21.2 Å². The first-order chi connectivity index (χ1) is 6.20. The lowest BCUT2D eigenvalue weighted by molar-refractivity contribution is -0.123. The minimum atomic E-state index is -0.0822. The van der Waals surface area contributed by atoms with Crippen molar-refractivity contribution in [2.75, 3.05) is 0 Å². The van der Waals surface area contributed by atoms with E-state index in [9.17, 15) is 4.79 Å². The molecular weight excluding hydrogens is 230 g/mol. The van der Waals surface area contributed by atoms with Gasteiger partial charge in [-0.2, -0.15) is 0 Å². The SMILES string of the molecule is CC1C(=O)[N]Cc2c(Br)cccc21. The molecule has 1 aliphatic rings. The Kier molecular flexibility index (Phi) is 2.12. The summed E-state index contributed by atoms with van der Waals surface area (Å²) in [5, 5.41) is 3.94. The van der Waals surface area contributed by atoms with Gasteiger partial charge in [0, 0.05) is 4.47 Å². The van der Waals surface area contributed by atoms with Gasteiger partial charge < -0.3 is 0 Å². The molecule has 1 atom stereocenters. The molecule has 13 heavy (non-hydrogen) atoms. The van der Waals surface area contributed by atoms with Crippen LogP contribution in [0.1, 0.15) is 24.0 Å². The summed E-state index contributed by atoms with van der Waals surface area (Å²) < 4.78 is 1.05. The van der Waals surface area contributed by atoms with Gasteiger partial charge in [-0.15, -0.1) is 0 Å². The Morgan fingerprint density at radius 1 is 1.54 bits per heavy atom.